The van der Waals surface area contributed by atoms with Gasteiger partial charge in [-0.1, -0.05) is 29.8 Å². The molecule has 0 saturated carbocycles. The van der Waals surface area contributed by atoms with Crippen molar-refractivity contribution in [3.8, 4) is 0 Å². The molecule has 0 aliphatic heterocycles. The molecule has 0 N–H and O–H groups in total. The Morgan fingerprint density at radius 2 is 2.28 bits per heavy atom. The minimum Gasteiger partial charge on any atom is -0.464 e. The molecule has 0 aliphatic carbocycles. The Bertz CT molecular complexity index is 526. The van der Waals surface area contributed by atoms with Crippen LogP contribution in [-0.2, 0) is 9.53 Å². The quantitative estimate of drug-likeness (QED) is 0.798. The predicted octanol–water partition coefficient (Wildman–Crippen LogP) is 2.69. The van der Waals surface area contributed by atoms with E-state index in [0.717, 1.165) is 0 Å². The van der Waals surface area contributed by atoms with E-state index in [1.54, 1.807) is 36.3 Å². The molecule has 4 nitrogen and oxygen atoms in total. The fourth-order valence-electron chi connectivity index (χ4n) is 1.75. The number of rotatable bonds is 4. The first-order valence-corrected chi connectivity index (χ1v) is 6.00. The molecule has 0 fully saturated rings. The van der Waals surface area contributed by atoms with Crippen molar-refractivity contribution < 1.29 is 9.53 Å². The maximum atomic E-state index is 12.1. The van der Waals surface area contributed by atoms with Crippen LogP contribution in [-0.4, -0.2) is 22.1 Å². The van der Waals surface area contributed by atoms with Gasteiger partial charge in [0.05, 0.1) is 12.9 Å². The molecule has 0 aliphatic rings. The third-order valence-corrected chi connectivity index (χ3v) is 2.88. The summed E-state index contributed by atoms with van der Waals surface area (Å²) in [6.45, 7) is 2.10. The Labute approximate surface area is 110 Å². The van der Waals surface area contributed by atoms with Crippen LogP contribution in [0.3, 0.4) is 0 Å². The Kier molecular flexibility index (Phi) is 3.99. The number of carbonyl (C=O) groups excluding carboxylic acids is 1. The Hall–Kier alpha value is -1.81. The lowest BCUT2D eigenvalue weighted by Crippen LogP contribution is -2.22. The average Bonchev–Trinajstić information content (AvgIpc) is 2.86. The molecule has 0 bridgehead atoms. The summed E-state index contributed by atoms with van der Waals surface area (Å²) in [5.41, 5.74) is 0.704. The third-order valence-electron chi connectivity index (χ3n) is 2.53. The number of carbonyl (C=O) groups is 1. The van der Waals surface area contributed by atoms with E-state index >= 15 is 0 Å². The van der Waals surface area contributed by atoms with Gasteiger partial charge in [-0.3, -0.25) is 0 Å². The fraction of sp³-hybridized carbons (Fsp3) is 0.231. The number of ether oxygens (including phenoxy) is 1. The minimum absolute atomic E-state index is 0.328. The van der Waals surface area contributed by atoms with Crippen LogP contribution in [0.25, 0.3) is 0 Å². The van der Waals surface area contributed by atoms with E-state index in [4.69, 9.17) is 16.3 Å². The van der Waals surface area contributed by atoms with Gasteiger partial charge < -0.3 is 9.30 Å². The van der Waals surface area contributed by atoms with Crippen LogP contribution in [0.15, 0.2) is 43.0 Å². The Morgan fingerprint density at radius 3 is 2.89 bits per heavy atom. The number of aromatic nitrogens is 2. The lowest BCUT2D eigenvalue weighted by Gasteiger charge is -2.18. The van der Waals surface area contributed by atoms with Gasteiger partial charge in [-0.25, -0.2) is 9.78 Å². The van der Waals surface area contributed by atoms with Crippen molar-refractivity contribution in [1.29, 1.82) is 0 Å². The average molecular weight is 265 g/mol. The maximum Gasteiger partial charge on any atom is 0.333 e. The van der Waals surface area contributed by atoms with Crippen LogP contribution >= 0.6 is 11.6 Å². The van der Waals surface area contributed by atoms with Crippen molar-refractivity contribution in [2.24, 2.45) is 0 Å². The molecule has 5 heteroatoms. The molecule has 1 aromatic heterocycles. The zero-order valence-electron chi connectivity index (χ0n) is 9.91. The van der Waals surface area contributed by atoms with E-state index in [9.17, 15) is 4.79 Å². The second-order valence-corrected chi connectivity index (χ2v) is 4.09. The van der Waals surface area contributed by atoms with E-state index in [-0.39, 0.29) is 5.97 Å². The number of halogens is 1. The monoisotopic (exact) mass is 264 g/mol. The molecule has 94 valence electrons. The summed E-state index contributed by atoms with van der Waals surface area (Å²) >= 11 is 6.14. The highest BCUT2D eigenvalue weighted by molar-refractivity contribution is 6.31. The lowest BCUT2D eigenvalue weighted by molar-refractivity contribution is -0.145. The van der Waals surface area contributed by atoms with E-state index in [2.05, 4.69) is 4.98 Å². The molecule has 2 aromatic rings. The topological polar surface area (TPSA) is 44.1 Å². The zero-order chi connectivity index (χ0) is 13.0. The van der Waals surface area contributed by atoms with Gasteiger partial charge in [-0.2, -0.15) is 0 Å². The molecule has 0 radical (unpaired) electrons. The summed E-state index contributed by atoms with van der Waals surface area (Å²) in [7, 11) is 0. The van der Waals surface area contributed by atoms with Gasteiger partial charge in [0.2, 0.25) is 0 Å². The predicted molar refractivity (Wildman–Crippen MR) is 68.5 cm³/mol. The van der Waals surface area contributed by atoms with Gasteiger partial charge in [0, 0.05) is 23.0 Å². The van der Waals surface area contributed by atoms with Gasteiger partial charge in [-0.05, 0) is 13.0 Å². The van der Waals surface area contributed by atoms with Gasteiger partial charge in [0.25, 0.3) is 0 Å². The number of hydrogen-bond acceptors (Lipinski definition) is 3. The van der Waals surface area contributed by atoms with Crippen molar-refractivity contribution in [2.75, 3.05) is 6.61 Å². The molecular weight excluding hydrogens is 252 g/mol. The summed E-state index contributed by atoms with van der Waals surface area (Å²) in [4.78, 5) is 16.0. The van der Waals surface area contributed by atoms with Gasteiger partial charge in [0.1, 0.15) is 0 Å². The van der Waals surface area contributed by atoms with Crippen LogP contribution < -0.4 is 0 Å². The fourth-order valence-corrected chi connectivity index (χ4v) is 1.99. The van der Waals surface area contributed by atoms with Gasteiger partial charge in [0.15, 0.2) is 6.04 Å². The molecule has 1 aromatic carbocycles. The SMILES string of the molecule is CCOC(=O)C(c1ccccc1Cl)n1ccnc1. The van der Waals surface area contributed by atoms with Crippen LogP contribution in [0, 0.1) is 0 Å². The Balaban J connectivity index is 2.43. The third kappa shape index (κ3) is 2.54. The number of esters is 1. The molecule has 0 amide bonds. The summed E-state index contributed by atoms with van der Waals surface area (Å²) < 4.78 is 6.77. The summed E-state index contributed by atoms with van der Waals surface area (Å²) in [5.74, 6) is -0.344. The van der Waals surface area contributed by atoms with E-state index in [0.29, 0.717) is 17.2 Å². The highest BCUT2D eigenvalue weighted by atomic mass is 35.5. The molecule has 1 heterocycles. The molecule has 2 rings (SSSR count). The smallest absolute Gasteiger partial charge is 0.333 e. The molecule has 1 atom stereocenters. The lowest BCUT2D eigenvalue weighted by atomic mass is 10.1. The standard InChI is InChI=1S/C13H13ClN2O2/c1-2-18-13(17)12(16-8-7-15-9-16)10-5-3-4-6-11(10)14/h3-9,12H,2H2,1H3. The van der Waals surface area contributed by atoms with Crippen molar-refractivity contribution in [3.05, 3.63) is 53.6 Å². The Morgan fingerprint density at radius 1 is 1.50 bits per heavy atom. The first-order chi connectivity index (χ1) is 8.74. The first-order valence-electron chi connectivity index (χ1n) is 5.62. The maximum absolute atomic E-state index is 12.1. The molecule has 0 spiro atoms. The van der Waals surface area contributed by atoms with Crippen molar-refractivity contribution in [1.82, 2.24) is 9.55 Å². The number of benzene rings is 1. The van der Waals surface area contributed by atoms with Crippen LogP contribution in [0.4, 0.5) is 0 Å². The van der Waals surface area contributed by atoms with Crippen molar-refractivity contribution in [3.63, 3.8) is 0 Å². The number of imidazole rings is 1. The second kappa shape index (κ2) is 5.69. The first kappa shape index (κ1) is 12.6. The second-order valence-electron chi connectivity index (χ2n) is 3.69. The molecule has 18 heavy (non-hydrogen) atoms. The van der Waals surface area contributed by atoms with Crippen molar-refractivity contribution in [2.45, 2.75) is 13.0 Å². The van der Waals surface area contributed by atoms with Crippen LogP contribution in [0.1, 0.15) is 18.5 Å². The van der Waals surface area contributed by atoms with E-state index < -0.39 is 6.04 Å². The highest BCUT2D eigenvalue weighted by Crippen LogP contribution is 2.26. The van der Waals surface area contributed by atoms with E-state index in [1.807, 2.05) is 18.2 Å². The minimum atomic E-state index is -0.596. The summed E-state index contributed by atoms with van der Waals surface area (Å²) in [5, 5.41) is 0.532. The molecular formula is C13H13ClN2O2. The summed E-state index contributed by atoms with van der Waals surface area (Å²) in [6.07, 6.45) is 4.90. The van der Waals surface area contributed by atoms with Crippen LogP contribution in [0.5, 0.6) is 0 Å². The van der Waals surface area contributed by atoms with Crippen LogP contribution in [0.2, 0.25) is 5.02 Å². The summed E-state index contributed by atoms with van der Waals surface area (Å²) in [6, 6.07) is 6.62. The van der Waals surface area contributed by atoms with Crippen molar-refractivity contribution >= 4 is 17.6 Å². The highest BCUT2D eigenvalue weighted by Gasteiger charge is 2.25. The normalized spacial score (nSPS) is 12.1. The van der Waals surface area contributed by atoms with Gasteiger partial charge >= 0.3 is 5.97 Å². The zero-order valence-corrected chi connectivity index (χ0v) is 10.7. The van der Waals surface area contributed by atoms with Gasteiger partial charge in [-0.15, -0.1) is 0 Å². The molecule has 1 unspecified atom stereocenters. The number of hydrogen-bond donors (Lipinski definition) is 0. The molecule has 0 saturated heterocycles. The number of nitrogens with zero attached hydrogens (tertiary/aromatic N) is 2. The largest absolute Gasteiger partial charge is 0.464 e. The van der Waals surface area contributed by atoms with E-state index in [1.165, 1.54) is 0 Å².